The van der Waals surface area contributed by atoms with E-state index in [2.05, 4.69) is 0 Å². The minimum Gasteiger partial charge on any atom is -0.469 e. The number of hydrogen-bond acceptors (Lipinski definition) is 5. The van der Waals surface area contributed by atoms with Gasteiger partial charge in [0.2, 0.25) is 0 Å². The molecule has 5 nitrogen and oxygen atoms in total. The lowest BCUT2D eigenvalue weighted by Crippen LogP contribution is -2.28. The summed E-state index contributed by atoms with van der Waals surface area (Å²) >= 11 is 0. The average Bonchev–Trinajstić information content (AvgIpc) is 2.47. The Kier molecular flexibility index (Phi) is 5.00. The van der Waals surface area contributed by atoms with E-state index in [0.29, 0.717) is 25.7 Å². The predicted molar refractivity (Wildman–Crippen MR) is 77.2 cm³/mol. The third kappa shape index (κ3) is 4.04. The molecule has 1 aliphatic carbocycles. The van der Waals surface area contributed by atoms with E-state index >= 15 is 0 Å². The van der Waals surface area contributed by atoms with Crippen molar-refractivity contribution in [3.63, 3.8) is 0 Å². The maximum absolute atomic E-state index is 12.2. The molecule has 0 aliphatic heterocycles. The van der Waals surface area contributed by atoms with Crippen LogP contribution in [0.4, 0.5) is 0 Å². The third-order valence-corrected chi connectivity index (χ3v) is 5.16. The second kappa shape index (κ2) is 6.58. The van der Waals surface area contributed by atoms with Crippen LogP contribution in [-0.2, 0) is 23.8 Å². The zero-order valence-corrected chi connectivity index (χ0v) is 13.1. The Morgan fingerprint density at radius 3 is 2.19 bits per heavy atom. The highest BCUT2D eigenvalue weighted by atomic mass is 32.2. The molecule has 0 aromatic heterocycles. The fourth-order valence-corrected chi connectivity index (χ4v) is 3.63. The molecule has 21 heavy (non-hydrogen) atoms. The average molecular weight is 312 g/mol. The summed E-state index contributed by atoms with van der Waals surface area (Å²) in [4.78, 5) is 11.6. The van der Waals surface area contributed by atoms with Crippen LogP contribution in [0, 0.1) is 12.8 Å². The maximum Gasteiger partial charge on any atom is 0.308 e. The number of benzene rings is 1. The Hall–Kier alpha value is -1.40. The normalized spacial score (nSPS) is 22.8. The van der Waals surface area contributed by atoms with Gasteiger partial charge in [-0.05, 0) is 44.7 Å². The smallest absolute Gasteiger partial charge is 0.308 e. The molecule has 116 valence electrons. The largest absolute Gasteiger partial charge is 0.469 e. The third-order valence-electron chi connectivity index (χ3n) is 3.78. The van der Waals surface area contributed by atoms with Crippen molar-refractivity contribution in [2.45, 2.75) is 43.6 Å². The first kappa shape index (κ1) is 16.0. The zero-order chi connectivity index (χ0) is 15.5. The van der Waals surface area contributed by atoms with Crippen molar-refractivity contribution in [3.05, 3.63) is 29.8 Å². The fourth-order valence-electron chi connectivity index (χ4n) is 2.50. The molecule has 6 heteroatoms. The Bertz CT molecular complexity index is 583. The number of rotatable bonds is 4. The fraction of sp³-hybridized carbons (Fsp3) is 0.533. The Morgan fingerprint density at radius 1 is 1.10 bits per heavy atom. The van der Waals surface area contributed by atoms with Crippen molar-refractivity contribution in [2.75, 3.05) is 7.11 Å². The monoisotopic (exact) mass is 312 g/mol. The number of hydrogen-bond donors (Lipinski definition) is 0. The topological polar surface area (TPSA) is 69.7 Å². The van der Waals surface area contributed by atoms with E-state index in [-0.39, 0.29) is 22.9 Å². The molecule has 1 aromatic carbocycles. The second-order valence-corrected chi connectivity index (χ2v) is 6.93. The van der Waals surface area contributed by atoms with Gasteiger partial charge in [-0.2, -0.15) is 8.42 Å². The predicted octanol–water partition coefficient (Wildman–Crippen LogP) is 2.43. The van der Waals surface area contributed by atoms with E-state index in [1.807, 2.05) is 6.92 Å². The van der Waals surface area contributed by atoms with Crippen LogP contribution >= 0.6 is 0 Å². The zero-order valence-electron chi connectivity index (χ0n) is 12.2. The summed E-state index contributed by atoms with van der Waals surface area (Å²) in [6.45, 7) is 1.89. The number of ether oxygens (including phenoxy) is 1. The molecular formula is C15H20O5S. The highest BCUT2D eigenvalue weighted by Crippen LogP contribution is 2.29. The van der Waals surface area contributed by atoms with Gasteiger partial charge in [0.15, 0.2) is 0 Å². The van der Waals surface area contributed by atoms with E-state index in [9.17, 15) is 13.2 Å². The molecule has 0 amide bonds. The molecule has 0 unspecified atom stereocenters. The van der Waals surface area contributed by atoms with Crippen LogP contribution in [0.1, 0.15) is 31.2 Å². The lowest BCUT2D eigenvalue weighted by molar-refractivity contribution is -0.147. The number of aryl methyl sites for hydroxylation is 1. The van der Waals surface area contributed by atoms with Crippen molar-refractivity contribution in [1.82, 2.24) is 0 Å². The molecule has 0 radical (unpaired) electrons. The van der Waals surface area contributed by atoms with Gasteiger partial charge in [-0.25, -0.2) is 0 Å². The van der Waals surface area contributed by atoms with E-state index < -0.39 is 10.1 Å². The molecule has 1 fully saturated rings. The number of methoxy groups -OCH3 is 1. The summed E-state index contributed by atoms with van der Waals surface area (Å²) in [5.74, 6) is -0.369. The van der Waals surface area contributed by atoms with Gasteiger partial charge >= 0.3 is 5.97 Å². The van der Waals surface area contributed by atoms with Crippen LogP contribution in [0.15, 0.2) is 29.2 Å². The molecule has 0 N–H and O–H groups in total. The molecule has 2 rings (SSSR count). The van der Waals surface area contributed by atoms with E-state index in [0.717, 1.165) is 5.56 Å². The Balaban J connectivity index is 1.96. The first-order chi connectivity index (χ1) is 9.92. The molecular weight excluding hydrogens is 292 g/mol. The standard InChI is InChI=1S/C15H20O5S/c1-11-3-9-14(10-4-11)21(17,18)20-13-7-5-12(6-8-13)15(16)19-2/h3-4,9-10,12-13H,5-8H2,1-2H3/t12-,13+. The minimum absolute atomic E-state index is 0.142. The molecule has 0 bridgehead atoms. The summed E-state index contributed by atoms with van der Waals surface area (Å²) in [6, 6.07) is 6.57. The van der Waals surface area contributed by atoms with Crippen LogP contribution in [0.25, 0.3) is 0 Å². The quantitative estimate of drug-likeness (QED) is 0.631. The van der Waals surface area contributed by atoms with Gasteiger partial charge in [-0.15, -0.1) is 0 Å². The first-order valence-corrected chi connectivity index (χ1v) is 8.41. The van der Waals surface area contributed by atoms with Crippen LogP contribution in [-0.4, -0.2) is 27.6 Å². The number of carbonyl (C=O) groups is 1. The van der Waals surface area contributed by atoms with Gasteiger partial charge in [0.05, 0.1) is 24.0 Å². The molecule has 0 spiro atoms. The highest BCUT2D eigenvalue weighted by molar-refractivity contribution is 7.86. The molecule has 0 saturated heterocycles. The highest BCUT2D eigenvalue weighted by Gasteiger charge is 2.30. The molecule has 0 atom stereocenters. The van der Waals surface area contributed by atoms with Crippen LogP contribution in [0.2, 0.25) is 0 Å². The summed E-state index contributed by atoms with van der Waals surface area (Å²) < 4.78 is 34.3. The van der Waals surface area contributed by atoms with Crippen molar-refractivity contribution >= 4 is 16.1 Å². The molecule has 1 aliphatic rings. The summed E-state index contributed by atoms with van der Waals surface area (Å²) in [5, 5.41) is 0. The summed E-state index contributed by atoms with van der Waals surface area (Å²) in [7, 11) is -2.37. The van der Waals surface area contributed by atoms with Crippen LogP contribution < -0.4 is 0 Å². The van der Waals surface area contributed by atoms with Crippen molar-refractivity contribution in [3.8, 4) is 0 Å². The van der Waals surface area contributed by atoms with Gasteiger partial charge in [0.1, 0.15) is 0 Å². The summed E-state index contributed by atoms with van der Waals surface area (Å²) in [6.07, 6.45) is 1.93. The maximum atomic E-state index is 12.2. The molecule has 0 heterocycles. The van der Waals surface area contributed by atoms with E-state index in [1.54, 1.807) is 24.3 Å². The SMILES string of the molecule is COC(=O)[C@H]1CC[C@@H](OS(=O)(=O)c2ccc(C)cc2)CC1. The van der Waals surface area contributed by atoms with E-state index in [1.165, 1.54) is 7.11 Å². The van der Waals surface area contributed by atoms with Crippen LogP contribution in [0.3, 0.4) is 0 Å². The van der Waals surface area contributed by atoms with Gasteiger partial charge in [-0.3, -0.25) is 8.98 Å². The molecule has 1 aromatic rings. The lowest BCUT2D eigenvalue weighted by atomic mass is 9.88. The number of carbonyl (C=O) groups excluding carboxylic acids is 1. The van der Waals surface area contributed by atoms with Crippen molar-refractivity contribution in [1.29, 1.82) is 0 Å². The van der Waals surface area contributed by atoms with Gasteiger partial charge in [0.25, 0.3) is 10.1 Å². The summed E-state index contributed by atoms with van der Waals surface area (Å²) in [5.41, 5.74) is 0.993. The Morgan fingerprint density at radius 2 is 1.67 bits per heavy atom. The van der Waals surface area contributed by atoms with Crippen molar-refractivity contribution in [2.24, 2.45) is 5.92 Å². The second-order valence-electron chi connectivity index (χ2n) is 5.36. The Labute approximate surface area is 125 Å². The lowest BCUT2D eigenvalue weighted by Gasteiger charge is -2.26. The van der Waals surface area contributed by atoms with E-state index in [4.69, 9.17) is 8.92 Å². The number of esters is 1. The minimum atomic E-state index is -3.74. The van der Waals surface area contributed by atoms with Crippen molar-refractivity contribution < 1.29 is 22.1 Å². The van der Waals surface area contributed by atoms with Gasteiger partial charge in [0, 0.05) is 0 Å². The molecule has 1 saturated carbocycles. The van der Waals surface area contributed by atoms with Gasteiger partial charge in [-0.1, -0.05) is 17.7 Å². The van der Waals surface area contributed by atoms with Crippen LogP contribution in [0.5, 0.6) is 0 Å². The van der Waals surface area contributed by atoms with Gasteiger partial charge < -0.3 is 4.74 Å². The first-order valence-electron chi connectivity index (χ1n) is 7.00.